The van der Waals surface area contributed by atoms with E-state index in [1.54, 1.807) is 0 Å². The molecule has 1 unspecified atom stereocenters. The minimum atomic E-state index is -0.205. The number of nitrogens with zero attached hydrogens (tertiary/aromatic N) is 5. The Morgan fingerprint density at radius 1 is 1.06 bits per heavy atom. The molecule has 0 radical (unpaired) electrons. The molecule has 0 spiro atoms. The fraction of sp³-hybridized carbons (Fsp3) is 0.667. The number of aromatic nitrogens is 3. The average molecular weight is 498 g/mol. The van der Waals surface area contributed by atoms with Crippen molar-refractivity contribution in [1.82, 2.24) is 24.8 Å². The number of nitrogens with one attached hydrogen (secondary N) is 2. The Morgan fingerprint density at radius 2 is 1.83 bits per heavy atom. The second-order valence-corrected chi connectivity index (χ2v) is 10.4. The molecule has 4 N–H and O–H groups in total. The molecule has 36 heavy (non-hydrogen) atoms. The minimum absolute atomic E-state index is 0.0463. The third-order valence-electron chi connectivity index (χ3n) is 7.39. The zero-order valence-corrected chi connectivity index (χ0v) is 21.9. The van der Waals surface area contributed by atoms with E-state index in [9.17, 15) is 10.2 Å². The van der Waals surface area contributed by atoms with Crippen molar-refractivity contribution in [1.29, 1.82) is 0 Å². The zero-order valence-electron chi connectivity index (χ0n) is 21.9. The molecule has 9 heteroatoms. The first-order valence-corrected chi connectivity index (χ1v) is 13.6. The predicted octanol–water partition coefficient (Wildman–Crippen LogP) is 2.96. The number of piperazine rings is 1. The average Bonchev–Trinajstić information content (AvgIpc) is 2.90. The molecule has 0 aromatic carbocycles. The molecule has 198 valence electrons. The van der Waals surface area contributed by atoms with Crippen molar-refractivity contribution in [2.75, 3.05) is 50.5 Å². The minimum Gasteiger partial charge on any atom is -0.394 e. The van der Waals surface area contributed by atoms with Gasteiger partial charge in [-0.1, -0.05) is 25.8 Å². The highest BCUT2D eigenvalue weighted by molar-refractivity contribution is 5.73. The van der Waals surface area contributed by atoms with Gasteiger partial charge in [0.05, 0.1) is 30.0 Å². The maximum Gasteiger partial charge on any atom is 0.224 e. The smallest absolute Gasteiger partial charge is 0.224 e. The van der Waals surface area contributed by atoms with Crippen LogP contribution in [0, 0.1) is 0 Å². The third kappa shape index (κ3) is 7.59. The number of hydrogen-bond donors (Lipinski definition) is 4. The molecule has 0 bridgehead atoms. The normalized spacial score (nSPS) is 22.3. The molecule has 2 aromatic rings. The van der Waals surface area contributed by atoms with Crippen LogP contribution in [-0.2, 0) is 6.54 Å². The van der Waals surface area contributed by atoms with Gasteiger partial charge < -0.3 is 25.7 Å². The molecule has 1 saturated heterocycles. The van der Waals surface area contributed by atoms with Crippen LogP contribution in [0.3, 0.4) is 0 Å². The fourth-order valence-corrected chi connectivity index (χ4v) is 4.95. The number of unbranched alkanes of at least 4 members (excludes halogenated alkanes) is 1. The Morgan fingerprint density at radius 3 is 2.50 bits per heavy atom. The first kappa shape index (κ1) is 26.7. The summed E-state index contributed by atoms with van der Waals surface area (Å²) < 4.78 is 0. The van der Waals surface area contributed by atoms with Gasteiger partial charge in [0.1, 0.15) is 5.82 Å². The first-order chi connectivity index (χ1) is 17.5. The van der Waals surface area contributed by atoms with Crippen LogP contribution in [0.1, 0.15) is 57.4 Å². The quantitative estimate of drug-likeness (QED) is 0.372. The van der Waals surface area contributed by atoms with Crippen LogP contribution in [0.4, 0.5) is 11.8 Å². The van der Waals surface area contributed by atoms with E-state index in [0.717, 1.165) is 94.7 Å². The molecule has 4 rings (SSSR count). The number of aliphatic hydroxyl groups excluding tert-OH is 2. The highest BCUT2D eigenvalue weighted by Gasteiger charge is 2.22. The maximum absolute atomic E-state index is 9.92. The topological polar surface area (TPSA) is 110 Å². The Bertz CT molecular complexity index is 926. The molecular formula is C27H43N7O2. The van der Waals surface area contributed by atoms with Gasteiger partial charge in [0.2, 0.25) is 5.95 Å². The van der Waals surface area contributed by atoms with Gasteiger partial charge in [0, 0.05) is 51.2 Å². The van der Waals surface area contributed by atoms with E-state index < -0.39 is 0 Å². The summed E-state index contributed by atoms with van der Waals surface area (Å²) in [5.41, 5.74) is 2.92. The highest BCUT2D eigenvalue weighted by Crippen LogP contribution is 2.29. The molecule has 1 aliphatic carbocycles. The summed E-state index contributed by atoms with van der Waals surface area (Å²) in [5.74, 6) is 1.26. The van der Waals surface area contributed by atoms with Crippen LogP contribution in [0.25, 0.3) is 11.3 Å². The van der Waals surface area contributed by atoms with Crippen molar-refractivity contribution in [3.8, 4) is 11.3 Å². The van der Waals surface area contributed by atoms with Crippen molar-refractivity contribution < 1.29 is 10.2 Å². The van der Waals surface area contributed by atoms with E-state index in [0.29, 0.717) is 5.95 Å². The number of aliphatic hydroxyl groups is 2. The second kappa shape index (κ2) is 13.3. The molecule has 2 fully saturated rings. The van der Waals surface area contributed by atoms with Gasteiger partial charge in [-0.15, -0.1) is 0 Å². The van der Waals surface area contributed by atoms with Crippen molar-refractivity contribution in [2.45, 2.75) is 76.6 Å². The van der Waals surface area contributed by atoms with Crippen LogP contribution in [0.15, 0.2) is 24.5 Å². The maximum atomic E-state index is 9.92. The number of likely N-dealkylation sites (N-methyl/N-ethyl adjacent to an activating group) is 1. The monoisotopic (exact) mass is 497 g/mol. The largest absolute Gasteiger partial charge is 0.394 e. The molecule has 1 saturated carbocycles. The summed E-state index contributed by atoms with van der Waals surface area (Å²) in [4.78, 5) is 19.0. The summed E-state index contributed by atoms with van der Waals surface area (Å²) in [5, 5.41) is 26.6. The first-order valence-electron chi connectivity index (χ1n) is 13.6. The van der Waals surface area contributed by atoms with Crippen molar-refractivity contribution in [3.63, 3.8) is 0 Å². The number of anilines is 2. The van der Waals surface area contributed by atoms with Crippen LogP contribution in [-0.4, -0.2) is 93.0 Å². The lowest BCUT2D eigenvalue weighted by atomic mass is 9.93. The lowest BCUT2D eigenvalue weighted by Gasteiger charge is -2.32. The lowest BCUT2D eigenvalue weighted by Crippen LogP contribution is -2.43. The summed E-state index contributed by atoms with van der Waals surface area (Å²) in [7, 11) is 2.17. The Kier molecular flexibility index (Phi) is 9.86. The lowest BCUT2D eigenvalue weighted by molar-refractivity contribution is 0.126. The molecule has 1 atom stereocenters. The Labute approximate surface area is 215 Å². The van der Waals surface area contributed by atoms with Crippen molar-refractivity contribution in [2.24, 2.45) is 0 Å². The van der Waals surface area contributed by atoms with Crippen LogP contribution in [0.2, 0.25) is 0 Å². The van der Waals surface area contributed by atoms with Crippen molar-refractivity contribution >= 4 is 11.8 Å². The fourth-order valence-electron chi connectivity index (χ4n) is 4.95. The number of rotatable bonds is 11. The standard InChI is InChI=1S/C27H43N7O2/c1-3-4-5-22(19-35)31-27-29-17-24(26(32-27)30-21-7-9-23(36)10-8-21)25-11-6-20(16-28-25)18-34-14-12-33(2)13-15-34/h6,11,16-17,21-23,35-36H,3-5,7-10,12-15,18-19H2,1-2H3,(H2,29,30,31,32)/t21-,22?,23-. The number of hydrogen-bond acceptors (Lipinski definition) is 9. The molecule has 3 heterocycles. The van der Waals surface area contributed by atoms with Crippen LogP contribution >= 0.6 is 0 Å². The summed E-state index contributed by atoms with van der Waals surface area (Å²) in [6.45, 7) is 7.47. The number of pyridine rings is 1. The van der Waals surface area contributed by atoms with Gasteiger partial charge in [-0.25, -0.2) is 4.98 Å². The third-order valence-corrected chi connectivity index (χ3v) is 7.39. The SMILES string of the molecule is CCCCC(CO)Nc1ncc(-c2ccc(CN3CCN(C)CC3)cn2)c(N[C@H]2CC[C@H](O)CC2)n1. The van der Waals surface area contributed by atoms with E-state index in [2.05, 4.69) is 51.5 Å². The van der Waals surface area contributed by atoms with Gasteiger partial charge >= 0.3 is 0 Å². The molecular weight excluding hydrogens is 454 g/mol. The van der Waals surface area contributed by atoms with Gasteiger partial charge in [0.25, 0.3) is 0 Å². The molecule has 0 amide bonds. The summed E-state index contributed by atoms with van der Waals surface area (Å²) in [6.07, 6.45) is 9.98. The Hall–Kier alpha value is -2.33. The second-order valence-electron chi connectivity index (χ2n) is 10.4. The van der Waals surface area contributed by atoms with Crippen LogP contribution in [0.5, 0.6) is 0 Å². The predicted molar refractivity (Wildman–Crippen MR) is 144 cm³/mol. The van der Waals surface area contributed by atoms with Gasteiger partial charge in [-0.05, 0) is 50.8 Å². The van der Waals surface area contributed by atoms with E-state index in [1.165, 1.54) is 5.56 Å². The van der Waals surface area contributed by atoms with Crippen molar-refractivity contribution in [3.05, 3.63) is 30.1 Å². The van der Waals surface area contributed by atoms with Crippen LogP contribution < -0.4 is 10.6 Å². The van der Waals surface area contributed by atoms with Gasteiger partial charge in [-0.2, -0.15) is 4.98 Å². The van der Waals surface area contributed by atoms with E-state index in [4.69, 9.17) is 9.97 Å². The van der Waals surface area contributed by atoms with E-state index in [1.807, 2.05) is 12.4 Å². The van der Waals surface area contributed by atoms with E-state index in [-0.39, 0.29) is 24.8 Å². The molecule has 2 aliphatic rings. The molecule has 9 nitrogen and oxygen atoms in total. The van der Waals surface area contributed by atoms with E-state index >= 15 is 0 Å². The van der Waals surface area contributed by atoms with Gasteiger partial charge in [0.15, 0.2) is 0 Å². The molecule has 1 aliphatic heterocycles. The zero-order chi connectivity index (χ0) is 25.3. The summed E-state index contributed by atoms with van der Waals surface area (Å²) >= 11 is 0. The van der Waals surface area contributed by atoms with Gasteiger partial charge in [-0.3, -0.25) is 9.88 Å². The highest BCUT2D eigenvalue weighted by atomic mass is 16.3. The molecule has 2 aromatic heterocycles. The Balaban J connectivity index is 1.50. The summed E-state index contributed by atoms with van der Waals surface area (Å²) in [6, 6.07) is 4.39.